The predicted molar refractivity (Wildman–Crippen MR) is 79.9 cm³/mol. The lowest BCUT2D eigenvalue weighted by Crippen LogP contribution is -2.50. The van der Waals surface area contributed by atoms with Gasteiger partial charge in [0.2, 0.25) is 0 Å². The van der Waals surface area contributed by atoms with Crippen molar-refractivity contribution in [3.8, 4) is 11.5 Å². The van der Waals surface area contributed by atoms with Crippen LogP contribution in [0.1, 0.15) is 33.6 Å². The highest BCUT2D eigenvalue weighted by atomic mass is 19.4. The van der Waals surface area contributed by atoms with E-state index in [4.69, 9.17) is 9.47 Å². The highest BCUT2D eigenvalue weighted by Crippen LogP contribution is 2.30. The number of alkyl carbamates (subject to hydrolysis) is 1. The Morgan fingerprint density at radius 3 is 2.38 bits per heavy atom. The zero-order chi connectivity index (χ0) is 18.0. The minimum atomic E-state index is -4.74. The fourth-order valence-corrected chi connectivity index (χ4v) is 2.19. The van der Waals surface area contributed by atoms with E-state index in [1.54, 1.807) is 26.8 Å². The Hall–Kier alpha value is -2.12. The van der Waals surface area contributed by atoms with Gasteiger partial charge in [-0.1, -0.05) is 6.07 Å². The van der Waals surface area contributed by atoms with Gasteiger partial charge in [-0.05, 0) is 32.9 Å². The summed E-state index contributed by atoms with van der Waals surface area (Å²) >= 11 is 0. The van der Waals surface area contributed by atoms with Gasteiger partial charge in [-0.25, -0.2) is 4.79 Å². The van der Waals surface area contributed by atoms with Gasteiger partial charge >= 0.3 is 12.5 Å². The molecule has 1 aromatic rings. The van der Waals surface area contributed by atoms with Crippen molar-refractivity contribution in [2.24, 2.45) is 0 Å². The van der Waals surface area contributed by atoms with Crippen LogP contribution in [0, 0.1) is 0 Å². The lowest BCUT2D eigenvalue weighted by Gasteiger charge is -2.36. The second-order valence-corrected chi connectivity index (χ2v) is 6.58. The van der Waals surface area contributed by atoms with Crippen molar-refractivity contribution in [3.05, 3.63) is 24.3 Å². The molecule has 1 saturated carbocycles. The smallest absolute Gasteiger partial charge is 0.490 e. The van der Waals surface area contributed by atoms with Crippen molar-refractivity contribution in [1.82, 2.24) is 5.32 Å². The molecule has 24 heavy (non-hydrogen) atoms. The summed E-state index contributed by atoms with van der Waals surface area (Å²) in [6.07, 6.45) is -4.29. The summed E-state index contributed by atoms with van der Waals surface area (Å²) in [5.74, 6) is -0.0415. The molecule has 8 heteroatoms. The molecule has 1 amide bonds. The molecular formula is C16H20F3NO4. The van der Waals surface area contributed by atoms with Gasteiger partial charge in [-0.2, -0.15) is 0 Å². The molecule has 1 aromatic carbocycles. The van der Waals surface area contributed by atoms with Gasteiger partial charge in [-0.3, -0.25) is 0 Å². The molecular weight excluding hydrogens is 327 g/mol. The third-order valence-corrected chi connectivity index (χ3v) is 3.16. The SMILES string of the molecule is CC(C)(C)OC(=O)NC1CC(Oc2cccc(OC(F)(F)F)c2)C1. The predicted octanol–water partition coefficient (Wildman–Crippen LogP) is 4.02. The maximum atomic E-state index is 12.2. The maximum Gasteiger partial charge on any atom is 0.573 e. The Balaban J connectivity index is 1.77. The summed E-state index contributed by atoms with van der Waals surface area (Å²) in [5, 5.41) is 2.72. The van der Waals surface area contributed by atoms with Crippen molar-refractivity contribution in [1.29, 1.82) is 0 Å². The molecule has 0 atom stereocenters. The number of rotatable bonds is 4. The highest BCUT2D eigenvalue weighted by molar-refractivity contribution is 5.68. The number of benzene rings is 1. The van der Waals surface area contributed by atoms with Crippen LogP contribution < -0.4 is 14.8 Å². The summed E-state index contributed by atoms with van der Waals surface area (Å²) in [7, 11) is 0. The summed E-state index contributed by atoms with van der Waals surface area (Å²) in [4.78, 5) is 11.6. The van der Waals surface area contributed by atoms with E-state index in [2.05, 4.69) is 10.1 Å². The summed E-state index contributed by atoms with van der Waals surface area (Å²) in [5.41, 5.74) is -0.567. The number of carbonyl (C=O) groups is 1. The number of nitrogens with one attached hydrogen (secondary N) is 1. The first kappa shape index (κ1) is 18.2. The average Bonchev–Trinajstić information content (AvgIpc) is 2.32. The first-order valence-electron chi connectivity index (χ1n) is 7.52. The van der Waals surface area contributed by atoms with E-state index >= 15 is 0 Å². The van der Waals surface area contributed by atoms with Crippen LogP contribution in [0.4, 0.5) is 18.0 Å². The second-order valence-electron chi connectivity index (χ2n) is 6.58. The zero-order valence-electron chi connectivity index (χ0n) is 13.6. The van der Waals surface area contributed by atoms with E-state index in [0.29, 0.717) is 12.8 Å². The number of alkyl halides is 3. The maximum absolute atomic E-state index is 12.2. The minimum Gasteiger partial charge on any atom is -0.490 e. The Labute approximate surface area is 138 Å². The molecule has 0 bridgehead atoms. The molecule has 134 valence electrons. The van der Waals surface area contributed by atoms with Gasteiger partial charge < -0.3 is 19.5 Å². The molecule has 0 saturated heterocycles. The first-order valence-corrected chi connectivity index (χ1v) is 7.52. The molecule has 5 nitrogen and oxygen atoms in total. The molecule has 0 radical (unpaired) electrons. The van der Waals surface area contributed by atoms with E-state index < -0.39 is 18.1 Å². The Morgan fingerprint density at radius 2 is 1.79 bits per heavy atom. The quantitative estimate of drug-likeness (QED) is 0.894. The molecule has 2 rings (SSSR count). The molecule has 1 aliphatic carbocycles. The fraction of sp³-hybridized carbons (Fsp3) is 0.562. The topological polar surface area (TPSA) is 56.8 Å². The van der Waals surface area contributed by atoms with Crippen molar-refractivity contribution in [3.63, 3.8) is 0 Å². The van der Waals surface area contributed by atoms with Crippen LogP contribution in [-0.4, -0.2) is 30.2 Å². The standard InChI is InChI=1S/C16H20F3NO4/c1-15(2,3)24-14(21)20-10-7-13(8-10)22-11-5-4-6-12(9-11)23-16(17,18)19/h4-6,9-10,13H,7-8H2,1-3H3,(H,20,21). The Bertz CT molecular complexity index is 577. The number of hydrogen-bond acceptors (Lipinski definition) is 4. The normalized spacial score (nSPS) is 20.8. The lowest BCUT2D eigenvalue weighted by atomic mass is 9.89. The molecule has 1 N–H and O–H groups in total. The van der Waals surface area contributed by atoms with Crippen molar-refractivity contribution in [2.75, 3.05) is 0 Å². The summed E-state index contributed by atoms with van der Waals surface area (Å²) in [6, 6.07) is 5.29. The van der Waals surface area contributed by atoms with E-state index in [1.165, 1.54) is 18.2 Å². The first-order chi connectivity index (χ1) is 11.0. The molecule has 0 aromatic heterocycles. The van der Waals surface area contributed by atoms with Gasteiger partial charge in [0, 0.05) is 24.9 Å². The van der Waals surface area contributed by atoms with Crippen LogP contribution in [0.25, 0.3) is 0 Å². The van der Waals surface area contributed by atoms with Crippen molar-refractivity contribution >= 4 is 6.09 Å². The third-order valence-electron chi connectivity index (χ3n) is 3.16. The van der Waals surface area contributed by atoms with Crippen molar-refractivity contribution in [2.45, 2.75) is 57.7 Å². The number of hydrogen-bond donors (Lipinski definition) is 1. The van der Waals surface area contributed by atoms with Crippen LogP contribution in [-0.2, 0) is 4.74 Å². The summed E-state index contributed by atoms with van der Waals surface area (Å²) < 4.78 is 51.1. The fourth-order valence-electron chi connectivity index (χ4n) is 2.19. The lowest BCUT2D eigenvalue weighted by molar-refractivity contribution is -0.274. The largest absolute Gasteiger partial charge is 0.573 e. The Morgan fingerprint density at radius 1 is 1.17 bits per heavy atom. The van der Waals surface area contributed by atoms with Crippen LogP contribution in [0.2, 0.25) is 0 Å². The van der Waals surface area contributed by atoms with Gasteiger partial charge in [0.15, 0.2) is 0 Å². The minimum absolute atomic E-state index is 0.0699. The van der Waals surface area contributed by atoms with Gasteiger partial charge in [0.25, 0.3) is 0 Å². The van der Waals surface area contributed by atoms with Gasteiger partial charge in [0.1, 0.15) is 23.2 Å². The van der Waals surface area contributed by atoms with Crippen LogP contribution in [0.3, 0.4) is 0 Å². The number of carbonyl (C=O) groups excluding carboxylic acids is 1. The molecule has 0 heterocycles. The average molecular weight is 347 g/mol. The van der Waals surface area contributed by atoms with E-state index in [0.717, 1.165) is 0 Å². The van der Waals surface area contributed by atoms with Crippen LogP contribution in [0.15, 0.2) is 24.3 Å². The molecule has 0 unspecified atom stereocenters. The van der Waals surface area contributed by atoms with E-state index in [9.17, 15) is 18.0 Å². The molecule has 0 spiro atoms. The summed E-state index contributed by atoms with van der Waals surface area (Å²) in [6.45, 7) is 5.32. The number of halogens is 3. The van der Waals surface area contributed by atoms with Gasteiger partial charge in [0.05, 0.1) is 0 Å². The zero-order valence-corrected chi connectivity index (χ0v) is 13.6. The van der Waals surface area contributed by atoms with E-state index in [-0.39, 0.29) is 23.6 Å². The van der Waals surface area contributed by atoms with Crippen LogP contribution in [0.5, 0.6) is 11.5 Å². The highest BCUT2D eigenvalue weighted by Gasteiger charge is 2.34. The number of ether oxygens (including phenoxy) is 3. The van der Waals surface area contributed by atoms with E-state index in [1.807, 2.05) is 0 Å². The molecule has 0 aliphatic heterocycles. The van der Waals surface area contributed by atoms with Crippen molar-refractivity contribution < 1.29 is 32.2 Å². The van der Waals surface area contributed by atoms with Crippen LogP contribution >= 0.6 is 0 Å². The molecule has 1 aliphatic rings. The third kappa shape index (κ3) is 6.17. The molecule has 1 fully saturated rings. The van der Waals surface area contributed by atoms with Gasteiger partial charge in [-0.15, -0.1) is 13.2 Å². The Kier molecular flexibility index (Phi) is 5.15. The second kappa shape index (κ2) is 6.78. The monoisotopic (exact) mass is 347 g/mol. The number of amides is 1.